The van der Waals surface area contributed by atoms with E-state index in [1.807, 2.05) is 37.3 Å². The molecule has 0 spiro atoms. The fourth-order valence-corrected chi connectivity index (χ4v) is 1.98. The molecule has 0 saturated heterocycles. The van der Waals surface area contributed by atoms with Gasteiger partial charge in [0.2, 0.25) is 0 Å². The first-order valence-electron chi connectivity index (χ1n) is 7.64. The van der Waals surface area contributed by atoms with Crippen LogP contribution in [0.4, 0.5) is 4.79 Å². The molecule has 0 saturated carbocycles. The van der Waals surface area contributed by atoms with Crippen molar-refractivity contribution in [3.05, 3.63) is 35.9 Å². The van der Waals surface area contributed by atoms with Crippen molar-refractivity contribution in [1.82, 2.24) is 10.2 Å². The molecule has 1 amide bonds. The number of carbonyl (C=O) groups is 2. The maximum atomic E-state index is 12.1. The number of carboxylic acids is 1. The topological polar surface area (TPSA) is 78.9 Å². The fraction of sp³-hybridized carbons (Fsp3) is 0.529. The number of rotatable bonds is 7. The van der Waals surface area contributed by atoms with Gasteiger partial charge >= 0.3 is 12.1 Å². The molecule has 1 aromatic carbocycles. The van der Waals surface area contributed by atoms with E-state index < -0.39 is 17.7 Å². The Morgan fingerprint density at radius 1 is 1.26 bits per heavy atom. The zero-order chi connectivity index (χ0) is 17.5. The number of benzene rings is 1. The molecule has 0 radical (unpaired) electrons. The highest BCUT2D eigenvalue weighted by molar-refractivity contribution is 5.76. The Kier molecular flexibility index (Phi) is 7.03. The highest BCUT2D eigenvalue weighted by atomic mass is 16.6. The maximum absolute atomic E-state index is 12.1. The van der Waals surface area contributed by atoms with Crippen LogP contribution < -0.4 is 5.32 Å². The number of carbonyl (C=O) groups excluding carboxylic acids is 1. The summed E-state index contributed by atoms with van der Waals surface area (Å²) in [6.07, 6.45) is -0.617. The van der Waals surface area contributed by atoms with E-state index in [0.717, 1.165) is 5.56 Å². The van der Waals surface area contributed by atoms with Gasteiger partial charge in [-0.1, -0.05) is 30.3 Å². The predicted molar refractivity (Wildman–Crippen MR) is 88.2 cm³/mol. The zero-order valence-electron chi connectivity index (χ0n) is 14.2. The lowest BCUT2D eigenvalue weighted by Gasteiger charge is -2.28. The van der Waals surface area contributed by atoms with Crippen molar-refractivity contribution < 1.29 is 19.4 Å². The molecule has 2 N–H and O–H groups in total. The van der Waals surface area contributed by atoms with Gasteiger partial charge in [0.1, 0.15) is 12.1 Å². The molecule has 1 atom stereocenters. The molecule has 0 bridgehead atoms. The van der Waals surface area contributed by atoms with Gasteiger partial charge in [-0.2, -0.15) is 0 Å². The van der Waals surface area contributed by atoms with Crippen LogP contribution in [-0.4, -0.2) is 46.8 Å². The minimum absolute atomic E-state index is 0.0675. The summed E-state index contributed by atoms with van der Waals surface area (Å²) in [5.41, 5.74) is 0.468. The minimum Gasteiger partial charge on any atom is -0.480 e. The molecule has 0 aromatic heterocycles. The number of nitrogens with one attached hydrogen (secondary N) is 1. The molecular formula is C17H26N2O4. The first kappa shape index (κ1) is 19.0. The van der Waals surface area contributed by atoms with Gasteiger partial charge < -0.3 is 15.2 Å². The summed E-state index contributed by atoms with van der Waals surface area (Å²) in [6.45, 7) is 7.68. The molecule has 0 aliphatic heterocycles. The first-order chi connectivity index (χ1) is 10.7. The van der Waals surface area contributed by atoms with Crippen LogP contribution in [0.25, 0.3) is 0 Å². The fourth-order valence-electron chi connectivity index (χ4n) is 1.98. The number of hydrogen-bond donors (Lipinski definition) is 2. The Morgan fingerprint density at radius 2 is 1.87 bits per heavy atom. The third kappa shape index (κ3) is 8.21. The molecule has 0 heterocycles. The zero-order valence-corrected chi connectivity index (χ0v) is 14.2. The largest absolute Gasteiger partial charge is 0.480 e. The number of ether oxygens (including phenoxy) is 1. The van der Waals surface area contributed by atoms with Crippen LogP contribution in [0.2, 0.25) is 0 Å². The third-order valence-corrected chi connectivity index (χ3v) is 2.97. The standard InChI is InChI=1S/C17H26N2O4/c1-13(18-10-14-8-6-5-7-9-14)11-19(12-15(20)21)16(22)23-17(2,3)4/h5-9,13,18H,10-12H2,1-4H3,(H,20,21). The Balaban J connectivity index is 2.58. The summed E-state index contributed by atoms with van der Waals surface area (Å²) in [6, 6.07) is 9.80. The van der Waals surface area contributed by atoms with Crippen LogP contribution in [0.15, 0.2) is 30.3 Å². The number of hydrogen-bond acceptors (Lipinski definition) is 4. The van der Waals surface area contributed by atoms with Gasteiger partial charge in [0.15, 0.2) is 0 Å². The summed E-state index contributed by atoms with van der Waals surface area (Å²) in [5, 5.41) is 12.3. The van der Waals surface area contributed by atoms with Crippen molar-refractivity contribution in [3.8, 4) is 0 Å². The molecule has 0 fully saturated rings. The molecular weight excluding hydrogens is 296 g/mol. The summed E-state index contributed by atoms with van der Waals surface area (Å²) in [7, 11) is 0. The van der Waals surface area contributed by atoms with Crippen molar-refractivity contribution in [3.63, 3.8) is 0 Å². The van der Waals surface area contributed by atoms with Gasteiger partial charge in [0.05, 0.1) is 0 Å². The SMILES string of the molecule is CC(CN(CC(=O)O)C(=O)OC(C)(C)C)NCc1ccccc1. The van der Waals surface area contributed by atoms with Crippen molar-refractivity contribution in [2.75, 3.05) is 13.1 Å². The normalized spacial score (nSPS) is 12.5. The average molecular weight is 322 g/mol. The van der Waals surface area contributed by atoms with Crippen molar-refractivity contribution in [2.24, 2.45) is 0 Å². The lowest BCUT2D eigenvalue weighted by molar-refractivity contribution is -0.138. The molecule has 23 heavy (non-hydrogen) atoms. The van der Waals surface area contributed by atoms with Gasteiger partial charge in [-0.05, 0) is 33.3 Å². The van der Waals surface area contributed by atoms with Gasteiger partial charge in [-0.25, -0.2) is 4.79 Å². The van der Waals surface area contributed by atoms with E-state index in [9.17, 15) is 9.59 Å². The van der Waals surface area contributed by atoms with E-state index in [4.69, 9.17) is 9.84 Å². The summed E-state index contributed by atoms with van der Waals surface area (Å²) in [4.78, 5) is 24.3. The van der Waals surface area contributed by atoms with E-state index in [1.165, 1.54) is 4.90 Å². The molecule has 0 aliphatic rings. The lowest BCUT2D eigenvalue weighted by atomic mass is 10.2. The monoisotopic (exact) mass is 322 g/mol. The average Bonchev–Trinajstić information content (AvgIpc) is 2.43. The van der Waals surface area contributed by atoms with E-state index >= 15 is 0 Å². The summed E-state index contributed by atoms with van der Waals surface area (Å²) in [5.74, 6) is -1.06. The molecule has 1 aromatic rings. The van der Waals surface area contributed by atoms with Gasteiger partial charge in [-0.15, -0.1) is 0 Å². The van der Waals surface area contributed by atoms with Crippen LogP contribution in [0.5, 0.6) is 0 Å². The van der Waals surface area contributed by atoms with Crippen LogP contribution in [0.1, 0.15) is 33.3 Å². The van der Waals surface area contributed by atoms with Gasteiger partial charge in [0.25, 0.3) is 0 Å². The molecule has 6 heteroatoms. The molecule has 0 aliphatic carbocycles. The van der Waals surface area contributed by atoms with Gasteiger partial charge in [-0.3, -0.25) is 9.69 Å². The molecule has 1 unspecified atom stereocenters. The van der Waals surface area contributed by atoms with Crippen LogP contribution in [0.3, 0.4) is 0 Å². The summed E-state index contributed by atoms with van der Waals surface area (Å²) >= 11 is 0. The molecule has 128 valence electrons. The minimum atomic E-state index is -1.06. The van der Waals surface area contributed by atoms with E-state index in [2.05, 4.69) is 5.32 Å². The van der Waals surface area contributed by atoms with Crippen LogP contribution >= 0.6 is 0 Å². The second-order valence-electron chi connectivity index (χ2n) is 6.52. The van der Waals surface area contributed by atoms with E-state index in [0.29, 0.717) is 6.54 Å². The van der Waals surface area contributed by atoms with E-state index in [-0.39, 0.29) is 19.1 Å². The Hall–Kier alpha value is -2.08. The number of aliphatic carboxylic acids is 1. The quantitative estimate of drug-likeness (QED) is 0.806. The molecule has 1 rings (SSSR count). The second-order valence-corrected chi connectivity index (χ2v) is 6.52. The Bertz CT molecular complexity index is 511. The number of carboxylic acid groups (broad SMARTS) is 1. The van der Waals surface area contributed by atoms with E-state index in [1.54, 1.807) is 20.8 Å². The van der Waals surface area contributed by atoms with Crippen LogP contribution in [0, 0.1) is 0 Å². The number of nitrogens with zero attached hydrogens (tertiary/aromatic N) is 1. The first-order valence-corrected chi connectivity index (χ1v) is 7.64. The highest BCUT2D eigenvalue weighted by Crippen LogP contribution is 2.10. The predicted octanol–water partition coefficient (Wildman–Crippen LogP) is 2.49. The second kappa shape index (κ2) is 8.53. The van der Waals surface area contributed by atoms with Crippen LogP contribution in [-0.2, 0) is 16.1 Å². The highest BCUT2D eigenvalue weighted by Gasteiger charge is 2.25. The Morgan fingerprint density at radius 3 is 2.39 bits per heavy atom. The summed E-state index contributed by atoms with van der Waals surface area (Å²) < 4.78 is 5.26. The number of amides is 1. The lowest BCUT2D eigenvalue weighted by Crippen LogP contribution is -2.46. The van der Waals surface area contributed by atoms with Crippen molar-refractivity contribution in [1.29, 1.82) is 0 Å². The van der Waals surface area contributed by atoms with Gasteiger partial charge in [0, 0.05) is 19.1 Å². The smallest absolute Gasteiger partial charge is 0.410 e. The van der Waals surface area contributed by atoms with Crippen molar-refractivity contribution in [2.45, 2.75) is 45.9 Å². The maximum Gasteiger partial charge on any atom is 0.410 e. The Labute approximate surface area is 137 Å². The van der Waals surface area contributed by atoms with Crippen molar-refractivity contribution >= 4 is 12.1 Å². The molecule has 6 nitrogen and oxygen atoms in total. The third-order valence-electron chi connectivity index (χ3n) is 2.97.